The van der Waals surface area contributed by atoms with Crippen LogP contribution in [0.2, 0.25) is 5.02 Å². The van der Waals surface area contributed by atoms with Gasteiger partial charge in [0.15, 0.2) is 0 Å². The normalized spacial score (nSPS) is 11.2. The molecule has 0 radical (unpaired) electrons. The zero-order valence-corrected chi connectivity index (χ0v) is 11.7. The summed E-state index contributed by atoms with van der Waals surface area (Å²) in [6, 6.07) is 3.39. The molecule has 1 heterocycles. The standard InChI is InChI=1S/C12H18ClN3O3/c1-12(7-17,8-18)15-11(19)6-16(2)10-4-3-9(13)5-14-10/h3-5,17-18H,6-8H2,1-2H3,(H,15,19). The Morgan fingerprint density at radius 3 is 2.58 bits per heavy atom. The van der Waals surface area contributed by atoms with Crippen molar-refractivity contribution in [3.05, 3.63) is 23.4 Å². The number of carbonyl (C=O) groups is 1. The van der Waals surface area contributed by atoms with Gasteiger partial charge in [0, 0.05) is 13.2 Å². The van der Waals surface area contributed by atoms with E-state index in [1.165, 1.54) is 6.20 Å². The highest BCUT2D eigenvalue weighted by Gasteiger charge is 2.24. The van der Waals surface area contributed by atoms with Crippen LogP contribution in [0.4, 0.5) is 5.82 Å². The third kappa shape index (κ3) is 4.66. The van der Waals surface area contributed by atoms with Crippen molar-refractivity contribution >= 4 is 23.3 Å². The summed E-state index contributed by atoms with van der Waals surface area (Å²) in [7, 11) is 1.71. The molecule has 0 aliphatic rings. The second kappa shape index (κ2) is 6.70. The fraction of sp³-hybridized carbons (Fsp3) is 0.500. The molecular weight excluding hydrogens is 270 g/mol. The van der Waals surface area contributed by atoms with Crippen LogP contribution in [0.5, 0.6) is 0 Å². The van der Waals surface area contributed by atoms with Crippen LogP contribution in [-0.4, -0.2) is 53.4 Å². The summed E-state index contributed by atoms with van der Waals surface area (Å²) >= 11 is 5.73. The molecule has 1 aromatic heterocycles. The Balaban J connectivity index is 2.59. The third-order valence-corrected chi connectivity index (χ3v) is 2.85. The van der Waals surface area contributed by atoms with E-state index in [9.17, 15) is 4.79 Å². The van der Waals surface area contributed by atoms with Crippen molar-refractivity contribution in [1.29, 1.82) is 0 Å². The number of aromatic nitrogens is 1. The summed E-state index contributed by atoms with van der Waals surface area (Å²) in [5, 5.41) is 21.3. The molecule has 3 N–H and O–H groups in total. The second-order valence-electron chi connectivity index (χ2n) is 4.62. The van der Waals surface area contributed by atoms with E-state index in [0.29, 0.717) is 10.8 Å². The first-order valence-electron chi connectivity index (χ1n) is 5.75. The number of pyridine rings is 1. The van der Waals surface area contributed by atoms with Gasteiger partial charge in [-0.2, -0.15) is 0 Å². The molecule has 0 spiro atoms. The predicted octanol–water partition coefficient (Wildman–Crippen LogP) is 0.0307. The Hall–Kier alpha value is -1.37. The van der Waals surface area contributed by atoms with Gasteiger partial charge in [-0.3, -0.25) is 4.79 Å². The number of aliphatic hydroxyl groups is 2. The number of aliphatic hydroxyl groups excluding tert-OH is 2. The largest absolute Gasteiger partial charge is 0.394 e. The number of carbonyl (C=O) groups excluding carboxylic acids is 1. The number of likely N-dealkylation sites (N-methyl/N-ethyl adjacent to an activating group) is 1. The summed E-state index contributed by atoms with van der Waals surface area (Å²) in [6.07, 6.45) is 1.50. The fourth-order valence-electron chi connectivity index (χ4n) is 1.40. The lowest BCUT2D eigenvalue weighted by Gasteiger charge is -2.27. The minimum absolute atomic E-state index is 0.0597. The quantitative estimate of drug-likeness (QED) is 0.687. The van der Waals surface area contributed by atoms with Gasteiger partial charge in [0.05, 0.1) is 30.3 Å². The first-order valence-corrected chi connectivity index (χ1v) is 6.13. The Kier molecular flexibility index (Phi) is 5.53. The van der Waals surface area contributed by atoms with Crippen LogP contribution in [0.1, 0.15) is 6.92 Å². The van der Waals surface area contributed by atoms with Gasteiger partial charge in [0.1, 0.15) is 5.82 Å². The maximum atomic E-state index is 11.8. The highest BCUT2D eigenvalue weighted by Crippen LogP contribution is 2.12. The molecule has 106 valence electrons. The molecule has 0 aromatic carbocycles. The van der Waals surface area contributed by atoms with E-state index in [-0.39, 0.29) is 25.7 Å². The molecule has 0 aliphatic carbocycles. The maximum absolute atomic E-state index is 11.8. The van der Waals surface area contributed by atoms with Crippen LogP contribution < -0.4 is 10.2 Å². The lowest BCUT2D eigenvalue weighted by atomic mass is 10.1. The fourth-order valence-corrected chi connectivity index (χ4v) is 1.51. The highest BCUT2D eigenvalue weighted by atomic mass is 35.5. The van der Waals surface area contributed by atoms with Gasteiger partial charge in [0.2, 0.25) is 5.91 Å². The van der Waals surface area contributed by atoms with Crippen molar-refractivity contribution in [1.82, 2.24) is 10.3 Å². The van der Waals surface area contributed by atoms with E-state index in [4.69, 9.17) is 21.8 Å². The van der Waals surface area contributed by atoms with Crippen molar-refractivity contribution in [2.75, 3.05) is 31.7 Å². The van der Waals surface area contributed by atoms with E-state index in [0.717, 1.165) is 0 Å². The third-order valence-electron chi connectivity index (χ3n) is 2.62. The van der Waals surface area contributed by atoms with E-state index in [2.05, 4.69) is 10.3 Å². The zero-order chi connectivity index (χ0) is 14.5. The van der Waals surface area contributed by atoms with Gasteiger partial charge in [-0.1, -0.05) is 11.6 Å². The van der Waals surface area contributed by atoms with E-state index in [1.54, 1.807) is 31.0 Å². The van der Waals surface area contributed by atoms with Gasteiger partial charge < -0.3 is 20.4 Å². The van der Waals surface area contributed by atoms with Crippen LogP contribution >= 0.6 is 11.6 Å². The Morgan fingerprint density at radius 2 is 2.11 bits per heavy atom. The molecular formula is C12H18ClN3O3. The molecule has 0 atom stereocenters. The highest BCUT2D eigenvalue weighted by molar-refractivity contribution is 6.30. The van der Waals surface area contributed by atoms with Gasteiger partial charge >= 0.3 is 0 Å². The average Bonchev–Trinajstić information content (AvgIpc) is 2.39. The number of hydrogen-bond acceptors (Lipinski definition) is 5. The van der Waals surface area contributed by atoms with Crippen LogP contribution in [0, 0.1) is 0 Å². The first kappa shape index (κ1) is 15.7. The van der Waals surface area contributed by atoms with Crippen LogP contribution in [-0.2, 0) is 4.79 Å². The Morgan fingerprint density at radius 1 is 1.47 bits per heavy atom. The molecule has 1 rings (SSSR count). The molecule has 1 aromatic rings. The smallest absolute Gasteiger partial charge is 0.240 e. The Bertz CT molecular complexity index is 421. The van der Waals surface area contributed by atoms with E-state index >= 15 is 0 Å². The Labute approximate surface area is 117 Å². The summed E-state index contributed by atoms with van der Waals surface area (Å²) < 4.78 is 0. The average molecular weight is 288 g/mol. The van der Waals surface area contributed by atoms with Gasteiger partial charge in [-0.15, -0.1) is 0 Å². The lowest BCUT2D eigenvalue weighted by molar-refractivity contribution is -0.122. The number of nitrogens with one attached hydrogen (secondary N) is 1. The molecule has 0 aliphatic heterocycles. The predicted molar refractivity (Wildman–Crippen MR) is 73.2 cm³/mol. The summed E-state index contributed by atoms with van der Waals surface area (Å²) in [4.78, 5) is 17.5. The minimum atomic E-state index is -1.02. The number of anilines is 1. The number of hydrogen-bond donors (Lipinski definition) is 3. The summed E-state index contributed by atoms with van der Waals surface area (Å²) in [5.41, 5.74) is -1.02. The van der Waals surface area contributed by atoms with E-state index < -0.39 is 5.54 Å². The molecule has 1 amide bonds. The molecule has 6 nitrogen and oxygen atoms in total. The molecule has 0 fully saturated rings. The van der Waals surface area contributed by atoms with Crippen molar-refractivity contribution in [2.45, 2.75) is 12.5 Å². The van der Waals surface area contributed by atoms with Gasteiger partial charge in [-0.05, 0) is 19.1 Å². The van der Waals surface area contributed by atoms with Crippen molar-refractivity contribution in [2.24, 2.45) is 0 Å². The second-order valence-corrected chi connectivity index (χ2v) is 5.05. The van der Waals surface area contributed by atoms with Crippen molar-refractivity contribution in [3.8, 4) is 0 Å². The molecule has 19 heavy (non-hydrogen) atoms. The number of nitrogens with zero attached hydrogens (tertiary/aromatic N) is 2. The van der Waals surface area contributed by atoms with Crippen LogP contribution in [0.3, 0.4) is 0 Å². The van der Waals surface area contributed by atoms with Crippen LogP contribution in [0.15, 0.2) is 18.3 Å². The van der Waals surface area contributed by atoms with Gasteiger partial charge in [-0.25, -0.2) is 4.98 Å². The maximum Gasteiger partial charge on any atom is 0.240 e. The molecule has 0 saturated carbocycles. The first-order chi connectivity index (χ1) is 8.90. The number of halogens is 1. The summed E-state index contributed by atoms with van der Waals surface area (Å²) in [6.45, 7) is 0.950. The van der Waals surface area contributed by atoms with Crippen LogP contribution in [0.25, 0.3) is 0 Å². The minimum Gasteiger partial charge on any atom is -0.394 e. The van der Waals surface area contributed by atoms with E-state index in [1.807, 2.05) is 0 Å². The number of rotatable bonds is 6. The molecule has 0 bridgehead atoms. The molecule has 0 saturated heterocycles. The molecule has 7 heteroatoms. The SMILES string of the molecule is CN(CC(=O)NC(C)(CO)CO)c1ccc(Cl)cn1. The monoisotopic (exact) mass is 287 g/mol. The lowest BCUT2D eigenvalue weighted by Crippen LogP contribution is -2.54. The molecule has 0 unspecified atom stereocenters. The van der Waals surface area contributed by atoms with Crippen molar-refractivity contribution in [3.63, 3.8) is 0 Å². The summed E-state index contributed by atoms with van der Waals surface area (Å²) in [5.74, 6) is 0.291. The number of amides is 1. The topological polar surface area (TPSA) is 85.7 Å². The zero-order valence-electron chi connectivity index (χ0n) is 10.9. The van der Waals surface area contributed by atoms with Gasteiger partial charge in [0.25, 0.3) is 0 Å². The van der Waals surface area contributed by atoms with Crippen molar-refractivity contribution < 1.29 is 15.0 Å².